The van der Waals surface area contributed by atoms with Gasteiger partial charge in [0.05, 0.1) is 45.4 Å². The van der Waals surface area contributed by atoms with Crippen molar-refractivity contribution in [1.82, 2.24) is 39.8 Å². The normalized spacial score (nSPS) is 17.1. The minimum absolute atomic E-state index is 0.00172. The number of sulfonamides is 1. The van der Waals surface area contributed by atoms with Crippen molar-refractivity contribution in [3.8, 4) is 16.9 Å². The van der Waals surface area contributed by atoms with E-state index in [2.05, 4.69) is 30.3 Å². The molecule has 3 aromatic carbocycles. The number of halogens is 10. The topological polar surface area (TPSA) is 170 Å². The molecule has 338 valence electrons. The van der Waals surface area contributed by atoms with Gasteiger partial charge >= 0.3 is 6.18 Å². The second kappa shape index (κ2) is 15.6. The van der Waals surface area contributed by atoms with Crippen molar-refractivity contribution >= 4 is 55.2 Å². The summed E-state index contributed by atoms with van der Waals surface area (Å²) >= 11 is 6.24. The molecule has 3 atom stereocenters. The third-order valence-corrected chi connectivity index (χ3v) is 12.1. The number of pyridine rings is 1. The van der Waals surface area contributed by atoms with Crippen LogP contribution in [-0.4, -0.2) is 61.6 Å². The molecule has 2 aliphatic rings. The summed E-state index contributed by atoms with van der Waals surface area (Å²) in [6.45, 7) is -1.70. The zero-order valence-electron chi connectivity index (χ0n) is 33.0. The molecular weight excluding hydrogens is 921 g/mol. The number of nitrogens with one attached hydrogen (secondary N) is 3. The monoisotopic (exact) mass is 949 g/mol. The predicted molar refractivity (Wildman–Crippen MR) is 216 cm³/mol. The molecule has 24 heteroatoms. The van der Waals surface area contributed by atoms with E-state index in [9.17, 15) is 40.0 Å². The number of anilines is 1. The van der Waals surface area contributed by atoms with Crippen molar-refractivity contribution in [2.45, 2.75) is 49.2 Å². The van der Waals surface area contributed by atoms with E-state index >= 15 is 17.6 Å². The fourth-order valence-electron chi connectivity index (χ4n) is 8.44. The van der Waals surface area contributed by atoms with Crippen LogP contribution in [0.1, 0.15) is 64.3 Å². The SMILES string of the molecule is CS(=O)(=O)Nc1n[nH]c2c(-n3c(C(CNC(=O)Cn4nc(C(F)F)c5c4C(F)(F)[C@@H]4C[C@H]54)c4cc(F)cc(F)c4)nc4cc(-c5cccc(C(F)(F)F)n5)ccc4c3=O)ccc(CCl)c12. The maximum Gasteiger partial charge on any atom is 0.433 e. The van der Waals surface area contributed by atoms with Crippen LogP contribution >= 0.6 is 11.6 Å². The summed E-state index contributed by atoms with van der Waals surface area (Å²) in [5.41, 5.74) is -4.42. The lowest BCUT2D eigenvalue weighted by molar-refractivity contribution is -0.141. The third-order valence-electron chi connectivity index (χ3n) is 11.2. The van der Waals surface area contributed by atoms with E-state index in [4.69, 9.17) is 16.6 Å². The van der Waals surface area contributed by atoms with Gasteiger partial charge in [-0.3, -0.25) is 28.7 Å². The first-order chi connectivity index (χ1) is 30.6. The highest BCUT2D eigenvalue weighted by Crippen LogP contribution is 2.68. The van der Waals surface area contributed by atoms with Crippen LogP contribution in [0.2, 0.25) is 0 Å². The highest BCUT2D eigenvalue weighted by atomic mass is 35.5. The number of alkyl halides is 8. The Balaban J connectivity index is 1.23. The van der Waals surface area contributed by atoms with Gasteiger partial charge in [0.15, 0.2) is 5.82 Å². The second-order valence-electron chi connectivity index (χ2n) is 15.6. The van der Waals surface area contributed by atoms with Gasteiger partial charge in [0, 0.05) is 35.5 Å². The Morgan fingerprint density at radius 3 is 2.45 bits per heavy atom. The summed E-state index contributed by atoms with van der Waals surface area (Å²) in [4.78, 5) is 37.1. The van der Waals surface area contributed by atoms with Gasteiger partial charge in [-0.1, -0.05) is 18.2 Å². The van der Waals surface area contributed by atoms with Crippen LogP contribution in [0.15, 0.2) is 71.5 Å². The zero-order chi connectivity index (χ0) is 46.5. The van der Waals surface area contributed by atoms with Gasteiger partial charge in [-0.15, -0.1) is 11.6 Å². The highest BCUT2D eigenvalue weighted by molar-refractivity contribution is 7.92. The van der Waals surface area contributed by atoms with Crippen LogP contribution < -0.4 is 15.6 Å². The first-order valence-corrected chi connectivity index (χ1v) is 21.7. The van der Waals surface area contributed by atoms with Gasteiger partial charge in [0.25, 0.3) is 17.9 Å². The standard InChI is InChI=1S/C41H29ClF9N9O4S/c1-65(63,64)58-37-31-18(14-42)6-8-28(33(31)55-56-37)60-38(54-27-11-17(5-7-22(27)39(60)62)26-3-2-4-29(53-26)41(49,50)51)24(19-9-20(43)12-21(44)10-19)15-52-30(61)16-59-35-32(34(57-59)36(45)46)23-13-25(23)40(35,47)48/h2-12,23-25,36H,13-16H2,1H3,(H,52,61)(H2,55,56,58)/t23-,24?,25+/m0/s1. The molecule has 3 N–H and O–H groups in total. The largest absolute Gasteiger partial charge is 0.433 e. The van der Waals surface area contributed by atoms with E-state index in [0.717, 1.165) is 35.1 Å². The highest BCUT2D eigenvalue weighted by Gasteiger charge is 2.67. The molecule has 13 nitrogen and oxygen atoms in total. The van der Waals surface area contributed by atoms with Crippen LogP contribution in [0, 0.1) is 17.6 Å². The number of amides is 1. The number of hydrogen-bond acceptors (Lipinski definition) is 8. The maximum atomic E-state index is 15.4. The van der Waals surface area contributed by atoms with Crippen molar-refractivity contribution in [1.29, 1.82) is 0 Å². The summed E-state index contributed by atoms with van der Waals surface area (Å²) in [6, 6.07) is 12.0. The molecule has 1 unspecified atom stereocenters. The summed E-state index contributed by atoms with van der Waals surface area (Å²) in [5, 5.41) is 12.9. The lowest BCUT2D eigenvalue weighted by atomic mass is 9.96. The minimum atomic E-state index is -4.82. The summed E-state index contributed by atoms with van der Waals surface area (Å²) < 4.78 is 158. The Hall–Kier alpha value is -6.49. The number of H-pyrrole nitrogens is 1. The van der Waals surface area contributed by atoms with Crippen LogP contribution in [0.4, 0.5) is 45.3 Å². The molecule has 1 fully saturated rings. The van der Waals surface area contributed by atoms with E-state index in [1.165, 1.54) is 36.4 Å². The van der Waals surface area contributed by atoms with Crippen molar-refractivity contribution in [3.63, 3.8) is 0 Å². The van der Waals surface area contributed by atoms with Crippen LogP contribution in [0.5, 0.6) is 0 Å². The fourth-order valence-corrected chi connectivity index (χ4v) is 9.16. The maximum absolute atomic E-state index is 15.4. The fraction of sp³-hybridized carbons (Fsp3) is 0.268. The molecule has 0 bridgehead atoms. The summed E-state index contributed by atoms with van der Waals surface area (Å²) in [7, 11) is -3.95. The van der Waals surface area contributed by atoms with E-state index in [1.54, 1.807) is 0 Å². The lowest BCUT2D eigenvalue weighted by Gasteiger charge is -2.23. The summed E-state index contributed by atoms with van der Waals surface area (Å²) in [6.07, 6.45) is -7.22. The van der Waals surface area contributed by atoms with Crippen molar-refractivity contribution < 1.29 is 52.7 Å². The molecule has 4 heterocycles. The number of carbonyl (C=O) groups is 1. The number of hydrogen-bond donors (Lipinski definition) is 3. The van der Waals surface area contributed by atoms with Gasteiger partial charge < -0.3 is 5.32 Å². The van der Waals surface area contributed by atoms with Crippen molar-refractivity contribution in [3.05, 3.63) is 128 Å². The number of carbonyl (C=O) groups excluding carboxylic acids is 1. The van der Waals surface area contributed by atoms with E-state index in [0.29, 0.717) is 16.3 Å². The first-order valence-electron chi connectivity index (χ1n) is 19.3. The van der Waals surface area contributed by atoms with Crippen LogP contribution in [0.25, 0.3) is 38.8 Å². The number of benzene rings is 3. The van der Waals surface area contributed by atoms with Crippen LogP contribution in [-0.2, 0) is 39.3 Å². The average Bonchev–Trinajstić information content (AvgIpc) is 3.71. The smallest absolute Gasteiger partial charge is 0.353 e. The molecule has 7 aromatic rings. The van der Waals surface area contributed by atoms with Gasteiger partial charge in [-0.05, 0) is 65.9 Å². The third kappa shape index (κ3) is 7.82. The van der Waals surface area contributed by atoms with E-state index in [1.807, 2.05) is 0 Å². The minimum Gasteiger partial charge on any atom is -0.353 e. The second-order valence-corrected chi connectivity index (χ2v) is 17.6. The van der Waals surface area contributed by atoms with Gasteiger partial charge in [0.1, 0.15) is 41.1 Å². The number of nitrogens with zero attached hydrogens (tertiary/aromatic N) is 6. The molecule has 2 aliphatic carbocycles. The van der Waals surface area contributed by atoms with Crippen molar-refractivity contribution in [2.75, 3.05) is 17.5 Å². The molecule has 0 aliphatic heterocycles. The number of rotatable bonds is 12. The molecule has 4 aromatic heterocycles. The lowest BCUT2D eigenvalue weighted by Crippen LogP contribution is -2.36. The van der Waals surface area contributed by atoms with Gasteiger partial charge in [-0.2, -0.15) is 32.1 Å². The zero-order valence-corrected chi connectivity index (χ0v) is 34.6. The Labute approximate surface area is 364 Å². The van der Waals surface area contributed by atoms with E-state index < -0.39 is 99.6 Å². The molecule has 65 heavy (non-hydrogen) atoms. The Bertz CT molecular complexity index is 3260. The Morgan fingerprint density at radius 2 is 1.77 bits per heavy atom. The Morgan fingerprint density at radius 1 is 1.03 bits per heavy atom. The molecular formula is C41H29ClF9N9O4S. The van der Waals surface area contributed by atoms with E-state index in [-0.39, 0.29) is 73.8 Å². The van der Waals surface area contributed by atoms with Crippen molar-refractivity contribution in [2.24, 2.45) is 5.92 Å². The number of fused-ring (bicyclic) bond motifs is 5. The average molecular weight is 950 g/mol. The predicted octanol–water partition coefficient (Wildman–Crippen LogP) is 8.02. The Kier molecular flexibility index (Phi) is 10.5. The molecule has 1 saturated carbocycles. The molecule has 0 saturated heterocycles. The molecule has 0 radical (unpaired) electrons. The van der Waals surface area contributed by atoms with Gasteiger partial charge in [0.2, 0.25) is 15.9 Å². The van der Waals surface area contributed by atoms with Crippen LogP contribution in [0.3, 0.4) is 0 Å². The number of aromatic nitrogens is 7. The number of aromatic amines is 1. The quantitative estimate of drug-likeness (QED) is 0.0818. The molecule has 0 spiro atoms. The molecule has 1 amide bonds. The van der Waals surface area contributed by atoms with Gasteiger partial charge in [-0.25, -0.2) is 35.9 Å². The summed E-state index contributed by atoms with van der Waals surface area (Å²) in [5.74, 6) is -11.3. The first kappa shape index (κ1) is 43.7. The molecule has 9 rings (SSSR count).